The fourth-order valence-corrected chi connectivity index (χ4v) is 4.53. The number of benzene rings is 1. The van der Waals surface area contributed by atoms with Crippen molar-refractivity contribution in [2.24, 2.45) is 5.41 Å². The van der Waals surface area contributed by atoms with E-state index in [2.05, 4.69) is 83.8 Å². The van der Waals surface area contributed by atoms with Crippen molar-refractivity contribution in [3.8, 4) is 5.75 Å². The molecule has 0 radical (unpaired) electrons. The molecule has 0 atom stereocenters. The molecule has 0 aliphatic heterocycles. The molecule has 0 bridgehead atoms. The van der Waals surface area contributed by atoms with Crippen molar-refractivity contribution in [2.75, 3.05) is 42.3 Å². The third-order valence-electron chi connectivity index (χ3n) is 6.73. The Hall–Kier alpha value is -1.43. The van der Waals surface area contributed by atoms with Gasteiger partial charge in [0.25, 0.3) is 0 Å². The number of rotatable bonds is 15. The number of carbonyl (C=O) groups is 1. The fourth-order valence-electron chi connectivity index (χ4n) is 4.53. The summed E-state index contributed by atoms with van der Waals surface area (Å²) in [5.74, 6) is 0.601. The Balaban J connectivity index is 2.97. The molecule has 0 aromatic heterocycles. The number of carbonyl (C=O) groups excluding carboxylic acids is 1. The average Bonchev–Trinajstić information content (AvgIpc) is 2.72. The van der Waals surface area contributed by atoms with Gasteiger partial charge in [-0.15, -0.1) is 0 Å². The second kappa shape index (κ2) is 14.0. The highest BCUT2D eigenvalue weighted by molar-refractivity contribution is 5.73. The minimum absolute atomic E-state index is 0.115. The summed E-state index contributed by atoms with van der Waals surface area (Å²) in [5, 5.41) is 0. The third-order valence-corrected chi connectivity index (χ3v) is 6.73. The second-order valence-corrected chi connectivity index (χ2v) is 10.1. The van der Waals surface area contributed by atoms with Crippen LogP contribution in [0.5, 0.6) is 5.75 Å². The lowest BCUT2D eigenvalue weighted by Crippen LogP contribution is -2.22. The smallest absolute Gasteiger partial charge is 0.311 e. The minimum Gasteiger partial charge on any atom is -0.426 e. The van der Waals surface area contributed by atoms with Gasteiger partial charge in [0, 0.05) is 31.6 Å². The van der Waals surface area contributed by atoms with E-state index in [4.69, 9.17) is 4.74 Å². The van der Waals surface area contributed by atoms with Crippen molar-refractivity contribution < 1.29 is 9.53 Å². The molecule has 1 aromatic carbocycles. The van der Waals surface area contributed by atoms with Crippen LogP contribution < -0.4 is 4.74 Å². The average molecular weight is 448 g/mol. The first kappa shape index (κ1) is 28.6. The van der Waals surface area contributed by atoms with E-state index in [-0.39, 0.29) is 5.97 Å². The fraction of sp³-hybridized carbons (Fsp3) is 0.741. The first-order valence-corrected chi connectivity index (χ1v) is 12.4. The summed E-state index contributed by atoms with van der Waals surface area (Å²) in [4.78, 5) is 19.2. The van der Waals surface area contributed by atoms with Crippen molar-refractivity contribution in [1.29, 1.82) is 0 Å². The Bertz CT molecular complexity index is 686. The molecule has 0 amide bonds. The summed E-state index contributed by atoms with van der Waals surface area (Å²) >= 11 is 0. The van der Waals surface area contributed by atoms with Gasteiger partial charge >= 0.3 is 5.97 Å². The van der Waals surface area contributed by atoms with Crippen molar-refractivity contribution >= 4 is 5.97 Å². The van der Waals surface area contributed by atoms with Gasteiger partial charge in [-0.05, 0) is 77.7 Å². The van der Waals surface area contributed by atoms with Crippen LogP contribution in [0.4, 0.5) is 0 Å². The summed E-state index contributed by atoms with van der Waals surface area (Å²) in [5.41, 5.74) is 4.11. The molecular weight excluding hydrogens is 398 g/mol. The van der Waals surface area contributed by atoms with Crippen LogP contribution in [0.3, 0.4) is 0 Å². The first-order valence-electron chi connectivity index (χ1n) is 12.4. The predicted molar refractivity (Wildman–Crippen MR) is 136 cm³/mol. The van der Waals surface area contributed by atoms with Gasteiger partial charge in [-0.25, -0.2) is 0 Å². The molecule has 0 saturated heterocycles. The van der Waals surface area contributed by atoms with Gasteiger partial charge in [0.15, 0.2) is 0 Å². The Morgan fingerprint density at radius 2 is 1.31 bits per heavy atom. The molecule has 184 valence electrons. The molecule has 1 aromatic rings. The van der Waals surface area contributed by atoms with Gasteiger partial charge in [-0.1, -0.05) is 52.5 Å². The molecular formula is C27H49N3O2. The van der Waals surface area contributed by atoms with Crippen molar-refractivity contribution in [2.45, 2.75) is 85.4 Å². The predicted octanol–water partition coefficient (Wildman–Crippen LogP) is 5.55. The highest BCUT2D eigenvalue weighted by Gasteiger charge is 2.23. The van der Waals surface area contributed by atoms with E-state index in [1.165, 1.54) is 36.8 Å². The first-order chi connectivity index (χ1) is 15.1. The van der Waals surface area contributed by atoms with E-state index in [0.717, 1.165) is 38.0 Å². The number of unbranched alkanes of at least 4 members (excludes halogenated alkanes) is 1. The normalized spacial score (nSPS) is 12.2. The van der Waals surface area contributed by atoms with Crippen LogP contribution in [0.25, 0.3) is 0 Å². The Morgan fingerprint density at radius 3 is 1.81 bits per heavy atom. The zero-order valence-corrected chi connectivity index (χ0v) is 22.4. The lowest BCUT2D eigenvalue weighted by Gasteiger charge is -2.30. The van der Waals surface area contributed by atoms with E-state index in [0.29, 0.717) is 17.6 Å². The maximum atomic E-state index is 12.7. The standard InChI is InChI=1S/C27H49N3O2/c1-10-27(11-2,12-3)18-14-13-15-26(31)32-25-17-16-22(19-28(4)5)23(20-29(6)7)24(25)21-30(8)9/h16-17H,10-15,18-21H2,1-9H3. The number of hydrogen-bond donors (Lipinski definition) is 0. The molecule has 0 heterocycles. The van der Waals surface area contributed by atoms with Crippen LogP contribution in [0.2, 0.25) is 0 Å². The van der Waals surface area contributed by atoms with Crippen LogP contribution in [-0.2, 0) is 24.4 Å². The molecule has 0 N–H and O–H groups in total. The molecule has 0 unspecified atom stereocenters. The van der Waals surface area contributed by atoms with Crippen molar-refractivity contribution in [3.63, 3.8) is 0 Å². The van der Waals surface area contributed by atoms with E-state index in [1.54, 1.807) is 0 Å². The monoisotopic (exact) mass is 447 g/mol. The van der Waals surface area contributed by atoms with E-state index in [9.17, 15) is 4.79 Å². The summed E-state index contributed by atoms with van der Waals surface area (Å²) in [6.45, 7) is 9.31. The Morgan fingerprint density at radius 1 is 0.781 bits per heavy atom. The highest BCUT2D eigenvalue weighted by Crippen LogP contribution is 2.36. The van der Waals surface area contributed by atoms with Gasteiger partial charge in [-0.3, -0.25) is 4.79 Å². The lowest BCUT2D eigenvalue weighted by atomic mass is 9.76. The molecule has 32 heavy (non-hydrogen) atoms. The van der Waals surface area contributed by atoms with E-state index >= 15 is 0 Å². The highest BCUT2D eigenvalue weighted by atomic mass is 16.5. The SMILES string of the molecule is CCC(CC)(CC)CCCCC(=O)Oc1ccc(CN(C)C)c(CN(C)C)c1CN(C)C. The van der Waals surface area contributed by atoms with Crippen LogP contribution in [-0.4, -0.2) is 63.0 Å². The van der Waals surface area contributed by atoms with Gasteiger partial charge in [0.1, 0.15) is 5.75 Å². The number of esters is 1. The van der Waals surface area contributed by atoms with Crippen LogP contribution in [0.15, 0.2) is 12.1 Å². The zero-order valence-electron chi connectivity index (χ0n) is 22.4. The molecule has 0 saturated carbocycles. The topological polar surface area (TPSA) is 36.0 Å². The largest absolute Gasteiger partial charge is 0.426 e. The van der Waals surface area contributed by atoms with Crippen LogP contribution in [0, 0.1) is 5.41 Å². The maximum Gasteiger partial charge on any atom is 0.311 e. The molecule has 1 rings (SSSR count). The van der Waals surface area contributed by atoms with Crippen molar-refractivity contribution in [3.05, 3.63) is 28.8 Å². The second-order valence-electron chi connectivity index (χ2n) is 10.1. The molecule has 5 nitrogen and oxygen atoms in total. The number of nitrogens with zero attached hydrogens (tertiary/aromatic N) is 3. The summed E-state index contributed by atoms with van der Waals surface area (Å²) in [6, 6.07) is 4.11. The Kier molecular flexibility index (Phi) is 12.5. The molecule has 5 heteroatoms. The van der Waals surface area contributed by atoms with Gasteiger partial charge in [-0.2, -0.15) is 0 Å². The van der Waals surface area contributed by atoms with Crippen LogP contribution in [0.1, 0.15) is 82.4 Å². The van der Waals surface area contributed by atoms with Gasteiger partial charge in [0.05, 0.1) is 0 Å². The quantitative estimate of drug-likeness (QED) is 0.200. The van der Waals surface area contributed by atoms with Gasteiger partial charge < -0.3 is 19.4 Å². The number of ether oxygens (including phenoxy) is 1. The van der Waals surface area contributed by atoms with Crippen LogP contribution >= 0.6 is 0 Å². The van der Waals surface area contributed by atoms with Crippen molar-refractivity contribution in [1.82, 2.24) is 14.7 Å². The molecule has 0 spiro atoms. The van der Waals surface area contributed by atoms with E-state index in [1.807, 2.05) is 6.07 Å². The third kappa shape index (κ3) is 9.21. The summed E-state index contributed by atoms with van der Waals surface area (Å²) in [7, 11) is 12.5. The number of hydrogen-bond acceptors (Lipinski definition) is 5. The van der Waals surface area contributed by atoms with Gasteiger partial charge in [0.2, 0.25) is 0 Å². The summed E-state index contributed by atoms with van der Waals surface area (Å²) < 4.78 is 5.94. The maximum absolute atomic E-state index is 12.7. The molecule has 0 aliphatic carbocycles. The zero-order chi connectivity index (χ0) is 24.3. The summed E-state index contributed by atoms with van der Waals surface area (Å²) in [6.07, 6.45) is 7.31. The molecule has 0 fully saturated rings. The Labute approximate surface area is 198 Å². The minimum atomic E-state index is -0.115. The molecule has 0 aliphatic rings. The van der Waals surface area contributed by atoms with E-state index < -0.39 is 0 Å². The lowest BCUT2D eigenvalue weighted by molar-refractivity contribution is -0.134.